The zero-order valence-electron chi connectivity index (χ0n) is 11.1. The topological polar surface area (TPSA) is 3.24 Å². The summed E-state index contributed by atoms with van der Waals surface area (Å²) in [5.41, 5.74) is 0.642. The lowest BCUT2D eigenvalue weighted by molar-refractivity contribution is 0.138. The first-order valence-electron chi connectivity index (χ1n) is 6.73. The Morgan fingerprint density at radius 3 is 2.89 bits per heavy atom. The van der Waals surface area contributed by atoms with Gasteiger partial charge >= 0.3 is 0 Å². The Bertz CT molecular complexity index is 385. The first-order valence-corrected chi connectivity index (χ1v) is 7.11. The number of benzene rings is 1. The zero-order valence-corrected chi connectivity index (χ0v) is 11.9. The van der Waals surface area contributed by atoms with E-state index in [0.717, 1.165) is 19.0 Å². The molecule has 1 fully saturated rings. The van der Waals surface area contributed by atoms with E-state index in [1.165, 1.54) is 18.9 Å². The minimum Gasteiger partial charge on any atom is -0.299 e. The zero-order chi connectivity index (χ0) is 13.1. The maximum atomic E-state index is 13.8. The summed E-state index contributed by atoms with van der Waals surface area (Å²) in [4.78, 5) is 2.33. The standard InChI is InChI=1S/C15H21ClFN/c1-11(2)12-5-4-8-18(9-12)10-13-14(16)6-3-7-15(13)17/h3,6-7,11-12H,4-5,8-10H2,1-2H3/t12-/m1/s1. The van der Waals surface area contributed by atoms with Gasteiger partial charge in [0.2, 0.25) is 0 Å². The van der Waals surface area contributed by atoms with E-state index in [-0.39, 0.29) is 5.82 Å². The second kappa shape index (κ2) is 6.03. The van der Waals surface area contributed by atoms with Crippen LogP contribution in [0.25, 0.3) is 0 Å². The molecule has 0 saturated carbocycles. The molecule has 0 radical (unpaired) electrons. The molecule has 18 heavy (non-hydrogen) atoms. The van der Waals surface area contributed by atoms with Crippen LogP contribution < -0.4 is 0 Å². The number of nitrogens with zero attached hydrogens (tertiary/aromatic N) is 1. The number of likely N-dealkylation sites (tertiary alicyclic amines) is 1. The number of rotatable bonds is 3. The molecule has 1 aliphatic heterocycles. The molecular weight excluding hydrogens is 249 g/mol. The van der Waals surface area contributed by atoms with Crippen molar-refractivity contribution < 1.29 is 4.39 Å². The monoisotopic (exact) mass is 269 g/mol. The molecule has 1 atom stereocenters. The van der Waals surface area contributed by atoms with Gasteiger partial charge in [-0.2, -0.15) is 0 Å². The van der Waals surface area contributed by atoms with Crippen LogP contribution in [0.2, 0.25) is 5.02 Å². The SMILES string of the molecule is CC(C)[C@@H]1CCCN(Cc2c(F)cccc2Cl)C1. The van der Waals surface area contributed by atoms with E-state index in [1.807, 2.05) is 0 Å². The summed E-state index contributed by atoms with van der Waals surface area (Å²) < 4.78 is 13.8. The van der Waals surface area contributed by atoms with Crippen LogP contribution in [0.4, 0.5) is 4.39 Å². The molecule has 1 heterocycles. The van der Waals surface area contributed by atoms with E-state index >= 15 is 0 Å². The summed E-state index contributed by atoms with van der Waals surface area (Å²) in [5, 5.41) is 0.543. The molecule has 1 aromatic carbocycles. The molecular formula is C15H21ClFN. The molecule has 1 saturated heterocycles. The van der Waals surface area contributed by atoms with Crippen molar-refractivity contribution >= 4 is 11.6 Å². The first kappa shape index (κ1) is 13.8. The van der Waals surface area contributed by atoms with Gasteiger partial charge in [-0.05, 0) is 43.4 Å². The van der Waals surface area contributed by atoms with Gasteiger partial charge in [-0.25, -0.2) is 4.39 Å². The molecule has 0 bridgehead atoms. The summed E-state index contributed by atoms with van der Waals surface area (Å²) in [6, 6.07) is 4.92. The summed E-state index contributed by atoms with van der Waals surface area (Å²) in [7, 11) is 0. The minimum absolute atomic E-state index is 0.186. The number of hydrogen-bond acceptors (Lipinski definition) is 1. The van der Waals surface area contributed by atoms with Crippen molar-refractivity contribution in [2.24, 2.45) is 11.8 Å². The van der Waals surface area contributed by atoms with Gasteiger partial charge in [-0.3, -0.25) is 4.90 Å². The van der Waals surface area contributed by atoms with E-state index in [9.17, 15) is 4.39 Å². The second-order valence-corrected chi connectivity index (χ2v) is 5.99. The van der Waals surface area contributed by atoms with E-state index in [4.69, 9.17) is 11.6 Å². The average Bonchev–Trinajstić information content (AvgIpc) is 2.34. The highest BCUT2D eigenvalue weighted by molar-refractivity contribution is 6.31. The Morgan fingerprint density at radius 1 is 1.44 bits per heavy atom. The summed E-state index contributed by atoms with van der Waals surface area (Å²) in [5.74, 6) is 1.24. The molecule has 0 unspecified atom stereocenters. The molecule has 0 aromatic heterocycles. The van der Waals surface area contributed by atoms with Crippen LogP contribution in [0.1, 0.15) is 32.3 Å². The van der Waals surface area contributed by atoms with Gasteiger partial charge in [0.15, 0.2) is 0 Å². The van der Waals surface area contributed by atoms with Crippen LogP contribution in [-0.4, -0.2) is 18.0 Å². The third-order valence-corrected chi connectivity index (χ3v) is 4.28. The fourth-order valence-electron chi connectivity index (χ4n) is 2.69. The Kier molecular flexibility index (Phi) is 4.63. The molecule has 0 spiro atoms. The van der Waals surface area contributed by atoms with E-state index in [1.54, 1.807) is 12.1 Å². The van der Waals surface area contributed by atoms with Crippen molar-refractivity contribution in [3.63, 3.8) is 0 Å². The van der Waals surface area contributed by atoms with E-state index in [2.05, 4.69) is 18.7 Å². The maximum absolute atomic E-state index is 13.8. The average molecular weight is 270 g/mol. The van der Waals surface area contributed by atoms with E-state index < -0.39 is 0 Å². The van der Waals surface area contributed by atoms with Crippen LogP contribution >= 0.6 is 11.6 Å². The maximum Gasteiger partial charge on any atom is 0.129 e. The largest absolute Gasteiger partial charge is 0.299 e. The fourth-order valence-corrected chi connectivity index (χ4v) is 2.91. The smallest absolute Gasteiger partial charge is 0.129 e. The van der Waals surface area contributed by atoms with Crippen molar-refractivity contribution in [1.82, 2.24) is 4.90 Å². The fraction of sp³-hybridized carbons (Fsp3) is 0.600. The van der Waals surface area contributed by atoms with Gasteiger partial charge in [0.05, 0.1) is 0 Å². The predicted octanol–water partition coefficient (Wildman–Crippen LogP) is 4.35. The lowest BCUT2D eigenvalue weighted by atomic mass is 9.88. The van der Waals surface area contributed by atoms with E-state index in [0.29, 0.717) is 23.0 Å². The highest BCUT2D eigenvalue weighted by Crippen LogP contribution is 2.27. The summed E-state index contributed by atoms with van der Waals surface area (Å²) >= 11 is 6.08. The lowest BCUT2D eigenvalue weighted by Gasteiger charge is -2.35. The molecule has 1 aliphatic rings. The van der Waals surface area contributed by atoms with Gasteiger partial charge in [-0.15, -0.1) is 0 Å². The van der Waals surface area contributed by atoms with Crippen LogP contribution in [0.3, 0.4) is 0 Å². The second-order valence-electron chi connectivity index (χ2n) is 5.58. The first-order chi connectivity index (χ1) is 8.58. The Balaban J connectivity index is 2.05. The third-order valence-electron chi connectivity index (χ3n) is 3.93. The molecule has 1 nitrogen and oxygen atoms in total. The molecule has 0 amide bonds. The number of halogens is 2. The molecule has 100 valence electrons. The minimum atomic E-state index is -0.186. The van der Waals surface area contributed by atoms with Gasteiger partial charge in [-0.1, -0.05) is 31.5 Å². The molecule has 3 heteroatoms. The van der Waals surface area contributed by atoms with Crippen LogP contribution in [-0.2, 0) is 6.54 Å². The predicted molar refractivity (Wildman–Crippen MR) is 74.2 cm³/mol. The van der Waals surface area contributed by atoms with Gasteiger partial charge in [0.25, 0.3) is 0 Å². The van der Waals surface area contributed by atoms with Gasteiger partial charge < -0.3 is 0 Å². The normalized spacial score (nSPS) is 21.5. The highest BCUT2D eigenvalue weighted by atomic mass is 35.5. The Morgan fingerprint density at radius 2 is 2.22 bits per heavy atom. The Hall–Kier alpha value is -0.600. The number of hydrogen-bond donors (Lipinski definition) is 0. The van der Waals surface area contributed by atoms with Crippen molar-refractivity contribution in [1.29, 1.82) is 0 Å². The summed E-state index contributed by atoms with van der Waals surface area (Å²) in [6.45, 7) is 7.28. The van der Waals surface area contributed by atoms with Crippen molar-refractivity contribution in [3.05, 3.63) is 34.6 Å². The van der Waals surface area contributed by atoms with Gasteiger partial charge in [0, 0.05) is 23.7 Å². The van der Waals surface area contributed by atoms with Crippen LogP contribution in [0, 0.1) is 17.7 Å². The van der Waals surface area contributed by atoms with Gasteiger partial charge in [0.1, 0.15) is 5.82 Å². The van der Waals surface area contributed by atoms with Crippen molar-refractivity contribution in [2.75, 3.05) is 13.1 Å². The third kappa shape index (κ3) is 3.24. The van der Waals surface area contributed by atoms with Crippen molar-refractivity contribution in [2.45, 2.75) is 33.2 Å². The highest BCUT2D eigenvalue weighted by Gasteiger charge is 2.23. The molecule has 0 N–H and O–H groups in total. The summed E-state index contributed by atoms with van der Waals surface area (Å²) in [6.07, 6.45) is 2.49. The lowest BCUT2D eigenvalue weighted by Crippen LogP contribution is -2.37. The quantitative estimate of drug-likeness (QED) is 0.789. The number of piperidine rings is 1. The van der Waals surface area contributed by atoms with Crippen LogP contribution in [0.15, 0.2) is 18.2 Å². The van der Waals surface area contributed by atoms with Crippen LogP contribution in [0.5, 0.6) is 0 Å². The molecule has 2 rings (SSSR count). The molecule has 1 aromatic rings. The molecule has 0 aliphatic carbocycles. The van der Waals surface area contributed by atoms with Crippen molar-refractivity contribution in [3.8, 4) is 0 Å². The Labute approximate surface area is 114 Å².